The Bertz CT molecular complexity index is 1130. The largest absolute Gasteiger partial charge is 0.502 e. The van der Waals surface area contributed by atoms with E-state index in [1.807, 2.05) is 0 Å². The lowest BCUT2D eigenvalue weighted by atomic mass is 10.2. The zero-order valence-electron chi connectivity index (χ0n) is 15.1. The molecule has 0 N–H and O–H groups in total. The van der Waals surface area contributed by atoms with Crippen LogP contribution in [0, 0.1) is 11.3 Å². The maximum absolute atomic E-state index is 13.2. The summed E-state index contributed by atoms with van der Waals surface area (Å²) in [5.41, 5.74) is -10.0. The standard InChI is InChI=1S/C15H9Cl2F6N3O4S/c1-29-13(30-2)11-12(31(27,28)15(21,22)23)9(5-24)25-26(11)10-7(16)3-6(4-8(10)17)14(18,19)20/h3-4,13H,1-2H3. The zero-order chi connectivity index (χ0) is 23.9. The third kappa shape index (κ3) is 4.46. The fourth-order valence-corrected chi connectivity index (χ4v) is 4.18. The number of aromatic nitrogens is 2. The fraction of sp³-hybridized carbons (Fsp3) is 0.333. The molecule has 0 spiro atoms. The van der Waals surface area contributed by atoms with Gasteiger partial charge in [-0.25, -0.2) is 13.1 Å². The number of benzene rings is 1. The van der Waals surface area contributed by atoms with Crippen LogP contribution >= 0.6 is 23.2 Å². The van der Waals surface area contributed by atoms with E-state index in [4.69, 9.17) is 32.7 Å². The molecule has 16 heteroatoms. The van der Waals surface area contributed by atoms with Gasteiger partial charge < -0.3 is 9.47 Å². The van der Waals surface area contributed by atoms with Gasteiger partial charge in [-0.05, 0) is 12.1 Å². The van der Waals surface area contributed by atoms with E-state index >= 15 is 0 Å². The number of nitrogens with zero attached hydrogens (tertiary/aromatic N) is 3. The number of hydrogen-bond acceptors (Lipinski definition) is 6. The Labute approximate surface area is 180 Å². The van der Waals surface area contributed by atoms with Crippen LogP contribution in [0.1, 0.15) is 23.2 Å². The molecule has 0 bridgehead atoms. The van der Waals surface area contributed by atoms with Crippen molar-refractivity contribution in [2.45, 2.75) is 22.9 Å². The van der Waals surface area contributed by atoms with Crippen molar-refractivity contribution in [1.29, 1.82) is 5.26 Å². The lowest BCUT2D eigenvalue weighted by Crippen LogP contribution is -2.26. The summed E-state index contributed by atoms with van der Waals surface area (Å²) in [5.74, 6) is 0. The minimum Gasteiger partial charge on any atom is -0.350 e. The molecule has 170 valence electrons. The molecule has 7 nitrogen and oxygen atoms in total. The van der Waals surface area contributed by atoms with Crippen molar-refractivity contribution in [3.8, 4) is 11.8 Å². The smallest absolute Gasteiger partial charge is 0.350 e. The Morgan fingerprint density at radius 1 is 1.10 bits per heavy atom. The van der Waals surface area contributed by atoms with Crippen molar-refractivity contribution in [2.75, 3.05) is 14.2 Å². The van der Waals surface area contributed by atoms with Gasteiger partial charge in [-0.3, -0.25) is 0 Å². The summed E-state index contributed by atoms with van der Waals surface area (Å²) in [7, 11) is -4.34. The summed E-state index contributed by atoms with van der Waals surface area (Å²) in [6, 6.07) is 1.98. The molecule has 1 aromatic carbocycles. The van der Waals surface area contributed by atoms with Crippen LogP contribution in [0.5, 0.6) is 0 Å². The fourth-order valence-electron chi connectivity index (χ4n) is 2.50. The summed E-state index contributed by atoms with van der Waals surface area (Å²) < 4.78 is 113. The van der Waals surface area contributed by atoms with Crippen molar-refractivity contribution in [3.63, 3.8) is 0 Å². The average Bonchev–Trinajstić information content (AvgIpc) is 3.00. The van der Waals surface area contributed by atoms with Crippen molar-refractivity contribution >= 4 is 33.0 Å². The Morgan fingerprint density at radius 3 is 1.94 bits per heavy atom. The number of hydrogen-bond donors (Lipinski definition) is 0. The van der Waals surface area contributed by atoms with Crippen molar-refractivity contribution in [1.82, 2.24) is 9.78 Å². The number of halogens is 8. The molecule has 0 fully saturated rings. The molecule has 0 radical (unpaired) electrons. The summed E-state index contributed by atoms with van der Waals surface area (Å²) in [6.07, 6.45) is -6.74. The highest BCUT2D eigenvalue weighted by Crippen LogP contribution is 2.42. The second-order valence-electron chi connectivity index (χ2n) is 5.63. The average molecular weight is 512 g/mol. The third-order valence-electron chi connectivity index (χ3n) is 3.76. The first-order valence-corrected chi connectivity index (χ1v) is 9.82. The molecule has 0 aliphatic rings. The van der Waals surface area contributed by atoms with Gasteiger partial charge in [0.05, 0.1) is 15.6 Å². The summed E-state index contributed by atoms with van der Waals surface area (Å²) in [6.45, 7) is 0. The summed E-state index contributed by atoms with van der Waals surface area (Å²) in [4.78, 5) is -1.62. The molecule has 2 aromatic rings. The van der Waals surface area contributed by atoms with Crippen LogP contribution in [0.3, 0.4) is 0 Å². The second-order valence-corrected chi connectivity index (χ2v) is 8.32. The zero-order valence-corrected chi connectivity index (χ0v) is 17.5. The van der Waals surface area contributed by atoms with Crippen molar-refractivity contribution < 1.29 is 44.2 Å². The molecule has 0 atom stereocenters. The Hall–Kier alpha value is -2.05. The highest BCUT2D eigenvalue weighted by molar-refractivity contribution is 7.92. The summed E-state index contributed by atoms with van der Waals surface area (Å²) in [5, 5.41) is 11.2. The lowest BCUT2D eigenvalue weighted by molar-refractivity contribution is -0.137. The first kappa shape index (κ1) is 25.2. The molecule has 0 aliphatic carbocycles. The van der Waals surface area contributed by atoms with Crippen LogP contribution in [-0.4, -0.2) is 37.9 Å². The van der Waals surface area contributed by atoms with Gasteiger partial charge in [-0.2, -0.15) is 36.7 Å². The number of methoxy groups -OCH3 is 2. The molecule has 0 saturated heterocycles. The van der Waals surface area contributed by atoms with Crippen LogP contribution in [0.4, 0.5) is 26.3 Å². The lowest BCUT2D eigenvalue weighted by Gasteiger charge is -2.19. The number of ether oxygens (including phenoxy) is 2. The van der Waals surface area contributed by atoms with E-state index in [1.54, 1.807) is 0 Å². The number of sulfone groups is 1. The van der Waals surface area contributed by atoms with Crippen LogP contribution < -0.4 is 0 Å². The van der Waals surface area contributed by atoms with E-state index < -0.39 is 65.4 Å². The number of alkyl halides is 6. The van der Waals surface area contributed by atoms with Gasteiger partial charge in [0.1, 0.15) is 22.3 Å². The SMILES string of the molecule is COC(OC)c1c(S(=O)(=O)C(F)(F)F)c(C#N)nn1-c1c(Cl)cc(C(F)(F)F)cc1Cl. The predicted molar refractivity (Wildman–Crippen MR) is 93.3 cm³/mol. The normalized spacial score (nSPS) is 13.0. The predicted octanol–water partition coefficient (Wildman–Crippen LogP) is 4.65. The molecule has 1 aromatic heterocycles. The topological polar surface area (TPSA) is 94.2 Å². The molecule has 31 heavy (non-hydrogen) atoms. The molecule has 2 rings (SSSR count). The molecule has 1 heterocycles. The molecule has 0 amide bonds. The van der Waals surface area contributed by atoms with E-state index in [0.29, 0.717) is 16.8 Å². The van der Waals surface area contributed by atoms with Gasteiger partial charge >= 0.3 is 11.7 Å². The van der Waals surface area contributed by atoms with Crippen molar-refractivity contribution in [2.24, 2.45) is 0 Å². The molecule has 0 saturated carbocycles. The summed E-state index contributed by atoms with van der Waals surface area (Å²) >= 11 is 11.7. The van der Waals surface area contributed by atoms with Crippen LogP contribution in [0.15, 0.2) is 17.0 Å². The van der Waals surface area contributed by atoms with E-state index in [1.165, 1.54) is 6.07 Å². The van der Waals surface area contributed by atoms with E-state index in [2.05, 4.69) is 5.10 Å². The molecular formula is C15H9Cl2F6N3O4S. The van der Waals surface area contributed by atoms with E-state index in [9.17, 15) is 40.0 Å². The number of nitriles is 1. The monoisotopic (exact) mass is 511 g/mol. The minimum atomic E-state index is -6.19. The second kappa shape index (κ2) is 8.47. The van der Waals surface area contributed by atoms with Gasteiger partial charge in [0.15, 0.2) is 5.69 Å². The van der Waals surface area contributed by atoms with Gasteiger partial charge in [-0.1, -0.05) is 23.2 Å². The van der Waals surface area contributed by atoms with E-state index in [0.717, 1.165) is 14.2 Å². The molecular weight excluding hydrogens is 503 g/mol. The molecule has 0 unspecified atom stereocenters. The Kier molecular flexibility index (Phi) is 6.89. The molecule has 0 aliphatic heterocycles. The van der Waals surface area contributed by atoms with Gasteiger partial charge in [0, 0.05) is 14.2 Å². The van der Waals surface area contributed by atoms with Crippen LogP contribution in [0.25, 0.3) is 5.69 Å². The highest BCUT2D eigenvalue weighted by Gasteiger charge is 2.52. The first-order valence-electron chi connectivity index (χ1n) is 7.58. The highest BCUT2D eigenvalue weighted by atomic mass is 35.5. The van der Waals surface area contributed by atoms with E-state index in [-0.39, 0.29) is 0 Å². The van der Waals surface area contributed by atoms with Crippen LogP contribution in [0.2, 0.25) is 10.0 Å². The van der Waals surface area contributed by atoms with Gasteiger partial charge in [0.2, 0.25) is 6.29 Å². The van der Waals surface area contributed by atoms with Crippen molar-refractivity contribution in [3.05, 3.63) is 39.1 Å². The maximum Gasteiger partial charge on any atom is 0.502 e. The van der Waals surface area contributed by atoms with Gasteiger partial charge in [0.25, 0.3) is 9.84 Å². The quantitative estimate of drug-likeness (QED) is 0.428. The van der Waals surface area contributed by atoms with Gasteiger partial charge in [-0.15, -0.1) is 0 Å². The first-order chi connectivity index (χ1) is 14.1. The Morgan fingerprint density at radius 2 is 1.58 bits per heavy atom. The number of rotatable bonds is 5. The third-order valence-corrected chi connectivity index (χ3v) is 5.89. The van der Waals surface area contributed by atoms with Crippen LogP contribution in [-0.2, 0) is 25.5 Å². The maximum atomic E-state index is 13.2. The Balaban J connectivity index is 3.03. The minimum absolute atomic E-state index is 0.361.